The van der Waals surface area contributed by atoms with Crippen molar-refractivity contribution < 1.29 is 19.2 Å². The highest BCUT2D eigenvalue weighted by Gasteiger charge is 2.23. The first-order chi connectivity index (χ1) is 10.8. The molecule has 0 aliphatic rings. The number of carboxylic acids is 1. The Morgan fingerprint density at radius 1 is 1.35 bits per heavy atom. The highest BCUT2D eigenvalue weighted by atomic mass is 35.5. The zero-order valence-electron chi connectivity index (χ0n) is 12.1. The van der Waals surface area contributed by atoms with Crippen LogP contribution in [-0.4, -0.2) is 16.0 Å². The minimum absolute atomic E-state index is 0.00412. The Morgan fingerprint density at radius 2 is 2.04 bits per heavy atom. The van der Waals surface area contributed by atoms with Crippen molar-refractivity contribution in [3.05, 3.63) is 74.0 Å². The number of benzene rings is 2. The van der Waals surface area contributed by atoms with E-state index in [-0.39, 0.29) is 17.1 Å². The smallest absolute Gasteiger partial charge is 0.311 e. The minimum Gasteiger partial charge on any atom is -0.481 e. The van der Waals surface area contributed by atoms with E-state index in [1.165, 1.54) is 30.3 Å². The van der Waals surface area contributed by atoms with Gasteiger partial charge in [-0.1, -0.05) is 29.8 Å². The fraction of sp³-hybridized carbons (Fsp3) is 0.188. The number of rotatable bonds is 5. The van der Waals surface area contributed by atoms with Gasteiger partial charge >= 0.3 is 5.97 Å². The van der Waals surface area contributed by atoms with Gasteiger partial charge in [0.05, 0.1) is 10.8 Å². The van der Waals surface area contributed by atoms with Crippen molar-refractivity contribution in [2.45, 2.75) is 19.3 Å². The van der Waals surface area contributed by atoms with E-state index in [1.807, 2.05) is 0 Å². The van der Waals surface area contributed by atoms with Crippen LogP contribution in [0.5, 0.6) is 0 Å². The predicted molar refractivity (Wildman–Crippen MR) is 83.3 cm³/mol. The van der Waals surface area contributed by atoms with Crippen LogP contribution in [0.25, 0.3) is 0 Å². The normalized spacial score (nSPS) is 12.0. The quantitative estimate of drug-likeness (QED) is 0.657. The molecule has 0 fully saturated rings. The van der Waals surface area contributed by atoms with E-state index in [4.69, 9.17) is 11.6 Å². The Balaban J connectivity index is 2.37. The molecule has 0 saturated carbocycles. The summed E-state index contributed by atoms with van der Waals surface area (Å²) in [7, 11) is 0. The topological polar surface area (TPSA) is 80.4 Å². The number of nitrogens with zero attached hydrogens (tertiary/aromatic N) is 1. The third-order valence-electron chi connectivity index (χ3n) is 3.54. The highest BCUT2D eigenvalue weighted by Crippen LogP contribution is 2.29. The van der Waals surface area contributed by atoms with Crippen LogP contribution in [0.2, 0.25) is 5.02 Å². The summed E-state index contributed by atoms with van der Waals surface area (Å²) < 4.78 is 13.7. The molecule has 0 heterocycles. The summed E-state index contributed by atoms with van der Waals surface area (Å²) in [6.45, 7) is 1.58. The first-order valence-corrected chi connectivity index (χ1v) is 7.09. The van der Waals surface area contributed by atoms with Gasteiger partial charge in [-0.2, -0.15) is 0 Å². The maximum atomic E-state index is 13.7. The van der Waals surface area contributed by atoms with Gasteiger partial charge in [-0.05, 0) is 42.2 Å². The van der Waals surface area contributed by atoms with Crippen LogP contribution in [0.4, 0.5) is 10.1 Å². The summed E-state index contributed by atoms with van der Waals surface area (Å²) in [5.41, 5.74) is 0.871. The van der Waals surface area contributed by atoms with Crippen molar-refractivity contribution in [1.82, 2.24) is 0 Å². The van der Waals surface area contributed by atoms with E-state index in [0.717, 1.165) is 0 Å². The number of hydrogen-bond donors (Lipinski definition) is 1. The van der Waals surface area contributed by atoms with Gasteiger partial charge in [0.25, 0.3) is 5.69 Å². The maximum Gasteiger partial charge on any atom is 0.311 e. The number of aryl methyl sites for hydroxylation is 1. The number of hydrogen-bond acceptors (Lipinski definition) is 3. The lowest BCUT2D eigenvalue weighted by molar-refractivity contribution is -0.384. The highest BCUT2D eigenvalue weighted by molar-refractivity contribution is 6.32. The molecule has 1 unspecified atom stereocenters. The third kappa shape index (κ3) is 3.84. The van der Waals surface area contributed by atoms with Crippen molar-refractivity contribution in [3.63, 3.8) is 0 Å². The number of carboxylic acid groups (broad SMARTS) is 1. The predicted octanol–water partition coefficient (Wildman–Crippen LogP) is 4.11. The monoisotopic (exact) mass is 337 g/mol. The Hall–Kier alpha value is -2.47. The van der Waals surface area contributed by atoms with Crippen LogP contribution >= 0.6 is 11.6 Å². The van der Waals surface area contributed by atoms with E-state index in [9.17, 15) is 24.4 Å². The fourth-order valence-electron chi connectivity index (χ4n) is 2.23. The van der Waals surface area contributed by atoms with Crippen LogP contribution in [0.3, 0.4) is 0 Å². The van der Waals surface area contributed by atoms with Gasteiger partial charge < -0.3 is 5.11 Å². The Bertz CT molecular complexity index is 779. The van der Waals surface area contributed by atoms with Gasteiger partial charge in [0.1, 0.15) is 10.8 Å². The van der Waals surface area contributed by atoms with Crippen LogP contribution in [0, 0.1) is 22.9 Å². The summed E-state index contributed by atoms with van der Waals surface area (Å²) in [5, 5.41) is 20.3. The Labute approximate surface area is 136 Å². The van der Waals surface area contributed by atoms with E-state index in [1.54, 1.807) is 13.0 Å². The van der Waals surface area contributed by atoms with Gasteiger partial charge in [-0.15, -0.1) is 0 Å². The van der Waals surface area contributed by atoms with Crippen LogP contribution < -0.4 is 0 Å². The summed E-state index contributed by atoms with van der Waals surface area (Å²) in [4.78, 5) is 21.8. The first-order valence-electron chi connectivity index (χ1n) is 6.71. The molecule has 0 radical (unpaired) electrons. The number of aliphatic carboxylic acids is 1. The second-order valence-electron chi connectivity index (χ2n) is 5.15. The lowest BCUT2D eigenvalue weighted by atomic mass is 9.91. The first kappa shape index (κ1) is 16.9. The summed E-state index contributed by atoms with van der Waals surface area (Å²) in [5.74, 6) is -2.63. The minimum atomic E-state index is -1.13. The van der Waals surface area contributed by atoms with Crippen LogP contribution in [0.15, 0.2) is 36.4 Å². The Kier molecular flexibility index (Phi) is 4.95. The molecule has 2 aromatic carbocycles. The van der Waals surface area contributed by atoms with Crippen molar-refractivity contribution in [2.75, 3.05) is 0 Å². The van der Waals surface area contributed by atoms with Crippen molar-refractivity contribution in [2.24, 2.45) is 0 Å². The standard InChI is InChI=1S/C16H13ClFNO4/c1-9-2-4-11(8-14(9)18)12(16(20)21)6-10-3-5-13(17)15(7-10)19(22)23/h2-5,7-8,12H,6H2,1H3,(H,20,21). The zero-order chi connectivity index (χ0) is 17.1. The number of carbonyl (C=O) groups is 1. The molecule has 0 amide bonds. The molecule has 23 heavy (non-hydrogen) atoms. The molecule has 0 bridgehead atoms. The zero-order valence-corrected chi connectivity index (χ0v) is 12.9. The molecule has 5 nitrogen and oxygen atoms in total. The summed E-state index contributed by atoms with van der Waals surface area (Å²) in [6.07, 6.45) is -0.00412. The largest absolute Gasteiger partial charge is 0.481 e. The van der Waals surface area contributed by atoms with Crippen molar-refractivity contribution >= 4 is 23.3 Å². The SMILES string of the molecule is Cc1ccc(C(Cc2ccc(Cl)c([N+](=O)[O-])c2)C(=O)O)cc1F. The van der Waals surface area contributed by atoms with E-state index in [0.29, 0.717) is 16.7 Å². The summed E-state index contributed by atoms with van der Waals surface area (Å²) in [6, 6.07) is 8.34. The van der Waals surface area contributed by atoms with E-state index >= 15 is 0 Å². The lowest BCUT2D eigenvalue weighted by Gasteiger charge is -2.14. The van der Waals surface area contributed by atoms with Gasteiger partial charge in [-0.25, -0.2) is 4.39 Å². The van der Waals surface area contributed by atoms with Gasteiger partial charge in [0, 0.05) is 6.07 Å². The number of nitro groups is 1. The lowest BCUT2D eigenvalue weighted by Crippen LogP contribution is -2.15. The molecule has 2 aromatic rings. The molecular weight excluding hydrogens is 325 g/mol. The average molecular weight is 338 g/mol. The number of nitro benzene ring substituents is 1. The van der Waals surface area contributed by atoms with E-state index < -0.39 is 22.6 Å². The molecule has 1 atom stereocenters. The Morgan fingerprint density at radius 3 is 2.61 bits per heavy atom. The molecule has 0 aliphatic carbocycles. The molecule has 0 spiro atoms. The van der Waals surface area contributed by atoms with Crippen LogP contribution in [0.1, 0.15) is 22.6 Å². The van der Waals surface area contributed by atoms with Gasteiger partial charge in [0.15, 0.2) is 0 Å². The van der Waals surface area contributed by atoms with Crippen molar-refractivity contribution in [1.29, 1.82) is 0 Å². The molecule has 0 aromatic heterocycles. The molecule has 2 rings (SSSR count). The second-order valence-corrected chi connectivity index (χ2v) is 5.55. The third-order valence-corrected chi connectivity index (χ3v) is 3.86. The molecule has 0 aliphatic heterocycles. The number of halogens is 2. The van der Waals surface area contributed by atoms with Crippen molar-refractivity contribution in [3.8, 4) is 0 Å². The molecular formula is C16H13ClFNO4. The van der Waals surface area contributed by atoms with Gasteiger partial charge in [0.2, 0.25) is 0 Å². The van der Waals surface area contributed by atoms with E-state index in [2.05, 4.69) is 0 Å². The van der Waals surface area contributed by atoms with Crippen LogP contribution in [-0.2, 0) is 11.2 Å². The fourth-order valence-corrected chi connectivity index (χ4v) is 2.42. The summed E-state index contributed by atoms with van der Waals surface area (Å²) >= 11 is 5.74. The van der Waals surface area contributed by atoms with Gasteiger partial charge in [-0.3, -0.25) is 14.9 Å². The molecule has 0 saturated heterocycles. The second kappa shape index (κ2) is 6.75. The molecule has 7 heteroatoms. The average Bonchev–Trinajstić information content (AvgIpc) is 2.48. The molecule has 120 valence electrons. The maximum absolute atomic E-state index is 13.7. The molecule has 1 N–H and O–H groups in total.